The number of carboxylic acids is 1. The minimum Gasteiger partial charge on any atom is -0.478 e. The van der Waals surface area contributed by atoms with Crippen molar-refractivity contribution in [3.63, 3.8) is 0 Å². The standard InChI is InChI=1S/C25H20N6O2/c1-17(28-30-21-14-12-20(13-15-21)24(32)33)29-31-25-26-22(18-8-4-2-5-9-18)16-23(27-25)19-10-6-3-7-11-19/h2-16,30H,1H3,(H,32,33)/b28-17-,31-29?. The number of hydrogen-bond acceptors (Lipinski definition) is 6. The highest BCUT2D eigenvalue weighted by Gasteiger charge is 2.08. The average Bonchev–Trinajstić information content (AvgIpc) is 2.87. The van der Waals surface area contributed by atoms with Crippen LogP contribution in [0.2, 0.25) is 0 Å². The zero-order valence-corrected chi connectivity index (χ0v) is 17.8. The summed E-state index contributed by atoms with van der Waals surface area (Å²) in [7, 11) is 0. The number of amidine groups is 1. The Morgan fingerprint density at radius 2 is 1.36 bits per heavy atom. The van der Waals surface area contributed by atoms with Crippen LogP contribution in [0.5, 0.6) is 0 Å². The van der Waals surface area contributed by atoms with Crippen LogP contribution < -0.4 is 5.43 Å². The van der Waals surface area contributed by atoms with Crippen LogP contribution in [0.4, 0.5) is 11.6 Å². The quantitative estimate of drug-likeness (QED) is 0.166. The van der Waals surface area contributed by atoms with E-state index in [1.807, 2.05) is 66.7 Å². The van der Waals surface area contributed by atoms with E-state index in [9.17, 15) is 4.79 Å². The molecule has 1 heterocycles. The molecule has 8 heteroatoms. The van der Waals surface area contributed by atoms with Crippen LogP contribution in [-0.4, -0.2) is 26.9 Å². The molecule has 4 aromatic rings. The summed E-state index contributed by atoms with van der Waals surface area (Å²) < 4.78 is 0. The van der Waals surface area contributed by atoms with Crippen molar-refractivity contribution in [1.29, 1.82) is 0 Å². The minimum atomic E-state index is -0.984. The van der Waals surface area contributed by atoms with Crippen LogP contribution >= 0.6 is 0 Å². The van der Waals surface area contributed by atoms with E-state index in [2.05, 4.69) is 30.7 Å². The largest absolute Gasteiger partial charge is 0.478 e. The topological polar surface area (TPSA) is 112 Å². The fourth-order valence-corrected chi connectivity index (χ4v) is 2.97. The molecule has 0 fully saturated rings. The van der Waals surface area contributed by atoms with E-state index in [4.69, 9.17) is 5.11 Å². The number of aromatic carboxylic acids is 1. The molecular formula is C25H20N6O2. The summed E-state index contributed by atoms with van der Waals surface area (Å²) in [5.41, 5.74) is 7.03. The number of aromatic nitrogens is 2. The highest BCUT2D eigenvalue weighted by Crippen LogP contribution is 2.26. The molecule has 33 heavy (non-hydrogen) atoms. The number of azo groups is 1. The first-order valence-corrected chi connectivity index (χ1v) is 10.1. The molecule has 0 saturated heterocycles. The molecular weight excluding hydrogens is 416 g/mol. The molecule has 0 radical (unpaired) electrons. The smallest absolute Gasteiger partial charge is 0.335 e. The van der Waals surface area contributed by atoms with E-state index in [0.717, 1.165) is 22.5 Å². The van der Waals surface area contributed by atoms with Gasteiger partial charge in [0.2, 0.25) is 0 Å². The Labute approximate surface area is 190 Å². The van der Waals surface area contributed by atoms with Gasteiger partial charge >= 0.3 is 5.97 Å². The van der Waals surface area contributed by atoms with Crippen LogP contribution in [0, 0.1) is 0 Å². The van der Waals surface area contributed by atoms with Gasteiger partial charge < -0.3 is 5.11 Å². The number of carboxylic acid groups (broad SMARTS) is 1. The van der Waals surface area contributed by atoms with E-state index >= 15 is 0 Å². The maximum atomic E-state index is 10.9. The number of rotatable bonds is 6. The van der Waals surface area contributed by atoms with Gasteiger partial charge in [0, 0.05) is 11.1 Å². The summed E-state index contributed by atoms with van der Waals surface area (Å²) in [5.74, 6) is -0.412. The molecule has 0 aliphatic rings. The molecule has 162 valence electrons. The number of hydrazone groups is 1. The van der Waals surface area contributed by atoms with Gasteiger partial charge in [-0.1, -0.05) is 60.7 Å². The van der Waals surface area contributed by atoms with Gasteiger partial charge in [0.25, 0.3) is 5.95 Å². The number of nitrogens with one attached hydrogen (secondary N) is 1. The maximum Gasteiger partial charge on any atom is 0.335 e. The van der Waals surface area contributed by atoms with Crippen molar-refractivity contribution >= 4 is 23.4 Å². The molecule has 0 atom stereocenters. The van der Waals surface area contributed by atoms with Gasteiger partial charge in [-0.15, -0.1) is 10.2 Å². The Balaban J connectivity index is 1.58. The van der Waals surface area contributed by atoms with Crippen molar-refractivity contribution in [2.45, 2.75) is 6.92 Å². The Bertz CT molecular complexity index is 1250. The molecule has 0 amide bonds. The van der Waals surface area contributed by atoms with Gasteiger partial charge in [0.15, 0.2) is 5.84 Å². The van der Waals surface area contributed by atoms with E-state index in [-0.39, 0.29) is 11.5 Å². The second-order valence-electron chi connectivity index (χ2n) is 7.02. The van der Waals surface area contributed by atoms with Crippen LogP contribution in [0.3, 0.4) is 0 Å². The van der Waals surface area contributed by atoms with Gasteiger partial charge in [0.1, 0.15) is 0 Å². The molecule has 2 N–H and O–H groups in total. The van der Waals surface area contributed by atoms with Crippen LogP contribution in [0.25, 0.3) is 22.5 Å². The predicted octanol–water partition coefficient (Wildman–Crippen LogP) is 6.04. The molecule has 0 saturated carbocycles. The minimum absolute atomic E-state index is 0.200. The number of hydrogen-bond donors (Lipinski definition) is 2. The number of carbonyl (C=O) groups is 1. The van der Waals surface area contributed by atoms with Crippen LogP contribution in [-0.2, 0) is 0 Å². The molecule has 8 nitrogen and oxygen atoms in total. The van der Waals surface area contributed by atoms with Gasteiger partial charge in [-0.2, -0.15) is 5.10 Å². The monoisotopic (exact) mass is 436 g/mol. The van der Waals surface area contributed by atoms with E-state index < -0.39 is 5.97 Å². The van der Waals surface area contributed by atoms with Crippen molar-refractivity contribution in [1.82, 2.24) is 9.97 Å². The SMILES string of the molecule is C/C(N=Nc1nc(-c2ccccc2)cc(-c2ccccc2)n1)=N/Nc1ccc(C(=O)O)cc1. The molecule has 0 unspecified atom stereocenters. The summed E-state index contributed by atoms with van der Waals surface area (Å²) >= 11 is 0. The third-order valence-electron chi connectivity index (χ3n) is 4.62. The van der Waals surface area contributed by atoms with Crippen molar-refractivity contribution in [2.24, 2.45) is 15.3 Å². The Morgan fingerprint density at radius 1 is 0.818 bits per heavy atom. The second kappa shape index (κ2) is 10.1. The first kappa shape index (κ1) is 21.5. The summed E-state index contributed by atoms with van der Waals surface area (Å²) in [5, 5.41) is 21.4. The third kappa shape index (κ3) is 5.71. The van der Waals surface area contributed by atoms with Crippen molar-refractivity contribution in [3.8, 4) is 22.5 Å². The highest BCUT2D eigenvalue weighted by molar-refractivity contribution is 5.88. The summed E-state index contributed by atoms with van der Waals surface area (Å²) in [6.07, 6.45) is 0. The van der Waals surface area contributed by atoms with Crippen LogP contribution in [0.15, 0.2) is 106 Å². The lowest BCUT2D eigenvalue weighted by atomic mass is 10.1. The van der Waals surface area contributed by atoms with Gasteiger partial charge in [-0.3, -0.25) is 5.43 Å². The number of benzene rings is 3. The van der Waals surface area contributed by atoms with E-state index in [0.29, 0.717) is 11.5 Å². The summed E-state index contributed by atoms with van der Waals surface area (Å²) in [6, 6.07) is 27.8. The Hall–Kier alpha value is -4.72. The van der Waals surface area contributed by atoms with Crippen molar-refractivity contribution < 1.29 is 9.90 Å². The highest BCUT2D eigenvalue weighted by atomic mass is 16.4. The normalized spacial score (nSPS) is 11.5. The number of anilines is 1. The molecule has 0 aliphatic carbocycles. The van der Waals surface area contributed by atoms with Crippen molar-refractivity contribution in [2.75, 3.05) is 5.43 Å². The lowest BCUT2D eigenvalue weighted by Gasteiger charge is -2.06. The molecule has 3 aromatic carbocycles. The molecule has 1 aromatic heterocycles. The molecule has 0 spiro atoms. The van der Waals surface area contributed by atoms with Crippen molar-refractivity contribution in [3.05, 3.63) is 96.6 Å². The van der Waals surface area contributed by atoms with Crippen LogP contribution in [0.1, 0.15) is 17.3 Å². The fraction of sp³-hybridized carbons (Fsp3) is 0.0400. The summed E-state index contributed by atoms with van der Waals surface area (Å²) in [4.78, 5) is 20.0. The Kier molecular flexibility index (Phi) is 6.56. The van der Waals surface area contributed by atoms with Gasteiger partial charge in [-0.25, -0.2) is 14.8 Å². The average molecular weight is 436 g/mol. The predicted molar refractivity (Wildman–Crippen MR) is 128 cm³/mol. The van der Waals surface area contributed by atoms with Gasteiger partial charge in [-0.05, 0) is 37.3 Å². The maximum absolute atomic E-state index is 10.9. The Morgan fingerprint density at radius 3 is 1.88 bits per heavy atom. The lowest BCUT2D eigenvalue weighted by molar-refractivity contribution is 0.0697. The van der Waals surface area contributed by atoms with E-state index in [1.165, 1.54) is 12.1 Å². The fourth-order valence-electron chi connectivity index (χ4n) is 2.97. The van der Waals surface area contributed by atoms with E-state index in [1.54, 1.807) is 19.1 Å². The molecule has 4 rings (SSSR count). The molecule has 0 bridgehead atoms. The lowest BCUT2D eigenvalue weighted by Crippen LogP contribution is -1.97. The van der Waals surface area contributed by atoms with Gasteiger partial charge in [0.05, 0.1) is 22.6 Å². The zero-order valence-electron chi connectivity index (χ0n) is 17.8. The summed E-state index contributed by atoms with van der Waals surface area (Å²) in [6.45, 7) is 1.68. The second-order valence-corrected chi connectivity index (χ2v) is 7.02. The zero-order chi connectivity index (χ0) is 23.0. The number of nitrogens with zero attached hydrogens (tertiary/aromatic N) is 5. The first-order chi connectivity index (χ1) is 16.1. The third-order valence-corrected chi connectivity index (χ3v) is 4.62. The molecule has 0 aliphatic heterocycles. The first-order valence-electron chi connectivity index (χ1n) is 10.1.